The van der Waals surface area contributed by atoms with Crippen molar-refractivity contribution in [3.05, 3.63) is 59.7 Å². The molecule has 0 aliphatic carbocycles. The van der Waals surface area contributed by atoms with Crippen LogP contribution in [0.5, 0.6) is 5.75 Å². The summed E-state index contributed by atoms with van der Waals surface area (Å²) in [5.74, 6) is 0.708. The van der Waals surface area contributed by atoms with Crippen molar-refractivity contribution >= 4 is 22.4 Å². The lowest BCUT2D eigenvalue weighted by Gasteiger charge is -2.11. The number of carbonyl (C=O) groups excluding carboxylic acids is 1. The van der Waals surface area contributed by atoms with Gasteiger partial charge in [0.2, 0.25) is 11.0 Å². The number of nitrogens with zero attached hydrogens (tertiary/aromatic N) is 2. The smallest absolute Gasteiger partial charge is 0.229 e. The van der Waals surface area contributed by atoms with Gasteiger partial charge in [-0.1, -0.05) is 59.9 Å². The van der Waals surface area contributed by atoms with Crippen LogP contribution in [0.4, 0.5) is 5.13 Å². The van der Waals surface area contributed by atoms with Gasteiger partial charge in [-0.25, -0.2) is 0 Å². The van der Waals surface area contributed by atoms with Crippen molar-refractivity contribution < 1.29 is 9.53 Å². The van der Waals surface area contributed by atoms with E-state index in [0.717, 1.165) is 27.4 Å². The molecule has 1 amide bonds. The van der Waals surface area contributed by atoms with Crippen LogP contribution in [-0.4, -0.2) is 22.7 Å². The molecule has 0 aliphatic heterocycles. The quantitative estimate of drug-likeness (QED) is 0.720. The summed E-state index contributed by atoms with van der Waals surface area (Å²) in [7, 11) is 0. The molecule has 1 N–H and O–H groups in total. The zero-order chi connectivity index (χ0) is 17.6. The second-order valence-corrected chi connectivity index (χ2v) is 6.62. The highest BCUT2D eigenvalue weighted by atomic mass is 32.1. The lowest BCUT2D eigenvalue weighted by atomic mass is 10.1. The minimum atomic E-state index is -0.137. The van der Waals surface area contributed by atoms with Gasteiger partial charge in [0.15, 0.2) is 0 Å². The maximum atomic E-state index is 12.1. The third kappa shape index (κ3) is 4.42. The molecule has 0 unspecified atom stereocenters. The molecule has 128 valence electrons. The Balaban J connectivity index is 1.52. The van der Waals surface area contributed by atoms with E-state index in [1.54, 1.807) is 0 Å². The average molecular weight is 353 g/mol. The Kier molecular flexibility index (Phi) is 5.40. The van der Waals surface area contributed by atoms with Crippen molar-refractivity contribution in [1.82, 2.24) is 10.2 Å². The van der Waals surface area contributed by atoms with Crippen molar-refractivity contribution in [2.75, 3.05) is 11.9 Å². The van der Waals surface area contributed by atoms with Crippen molar-refractivity contribution in [3.63, 3.8) is 0 Å². The first-order valence-corrected chi connectivity index (χ1v) is 8.83. The van der Waals surface area contributed by atoms with Crippen LogP contribution in [0.2, 0.25) is 0 Å². The Hall–Kier alpha value is -2.73. The molecule has 0 saturated heterocycles. The molecule has 0 saturated carbocycles. The molecule has 5 nitrogen and oxygen atoms in total. The van der Waals surface area contributed by atoms with Crippen LogP contribution in [0, 0.1) is 13.8 Å². The monoisotopic (exact) mass is 353 g/mol. The standard InChI is InChI=1S/C19H19N3O2S/c1-13-7-6-8-14(2)17(13)24-12-11-16(23)20-19-22-21-18(25-19)15-9-4-3-5-10-15/h3-10H,11-12H2,1-2H3,(H,20,22,23). The summed E-state index contributed by atoms with van der Waals surface area (Å²) < 4.78 is 5.76. The van der Waals surface area contributed by atoms with Gasteiger partial charge in [0.1, 0.15) is 10.8 Å². The predicted molar refractivity (Wildman–Crippen MR) is 100 cm³/mol. The van der Waals surface area contributed by atoms with E-state index in [-0.39, 0.29) is 12.3 Å². The topological polar surface area (TPSA) is 64.1 Å². The molecule has 0 fully saturated rings. The van der Waals surface area contributed by atoms with Gasteiger partial charge in [0.05, 0.1) is 13.0 Å². The third-order valence-electron chi connectivity index (χ3n) is 3.68. The van der Waals surface area contributed by atoms with Crippen LogP contribution in [0.15, 0.2) is 48.5 Å². The number of para-hydroxylation sites is 1. The van der Waals surface area contributed by atoms with Crippen molar-refractivity contribution in [1.29, 1.82) is 0 Å². The Morgan fingerprint density at radius 3 is 2.48 bits per heavy atom. The molecule has 2 aromatic carbocycles. The number of aryl methyl sites for hydroxylation is 2. The maximum absolute atomic E-state index is 12.1. The summed E-state index contributed by atoms with van der Waals surface area (Å²) >= 11 is 1.35. The van der Waals surface area contributed by atoms with Crippen molar-refractivity contribution in [2.24, 2.45) is 0 Å². The molecule has 25 heavy (non-hydrogen) atoms. The van der Waals surface area contributed by atoms with Gasteiger partial charge in [0.25, 0.3) is 0 Å². The first-order chi connectivity index (χ1) is 12.1. The molecule has 0 radical (unpaired) electrons. The van der Waals surface area contributed by atoms with E-state index in [9.17, 15) is 4.79 Å². The molecule has 0 bridgehead atoms. The van der Waals surface area contributed by atoms with Gasteiger partial charge >= 0.3 is 0 Å². The molecule has 1 aromatic heterocycles. The summed E-state index contributed by atoms with van der Waals surface area (Å²) in [6.07, 6.45) is 0.258. The lowest BCUT2D eigenvalue weighted by molar-refractivity contribution is -0.116. The van der Waals surface area contributed by atoms with Crippen LogP contribution in [0.3, 0.4) is 0 Å². The van der Waals surface area contributed by atoms with Gasteiger partial charge in [-0.05, 0) is 25.0 Å². The van der Waals surface area contributed by atoms with E-state index in [2.05, 4.69) is 15.5 Å². The number of benzene rings is 2. The van der Waals surface area contributed by atoms with Gasteiger partial charge in [0, 0.05) is 5.56 Å². The normalized spacial score (nSPS) is 10.5. The third-order valence-corrected chi connectivity index (χ3v) is 4.56. The lowest BCUT2D eigenvalue weighted by Crippen LogP contribution is -2.15. The predicted octanol–water partition coefficient (Wildman–Crippen LogP) is 4.23. The van der Waals surface area contributed by atoms with Crippen LogP contribution < -0.4 is 10.1 Å². The van der Waals surface area contributed by atoms with Gasteiger partial charge in [-0.2, -0.15) is 0 Å². The highest BCUT2D eigenvalue weighted by molar-refractivity contribution is 7.18. The molecule has 1 heterocycles. The number of rotatable bonds is 6. The number of nitrogens with one attached hydrogen (secondary N) is 1. The van der Waals surface area contributed by atoms with E-state index >= 15 is 0 Å². The van der Waals surface area contributed by atoms with Gasteiger partial charge in [-0.3, -0.25) is 4.79 Å². The first kappa shape index (κ1) is 17.1. The highest BCUT2D eigenvalue weighted by Gasteiger charge is 2.10. The number of ether oxygens (including phenoxy) is 1. The molecule has 0 atom stereocenters. The van der Waals surface area contributed by atoms with Crippen LogP contribution in [0.25, 0.3) is 10.6 Å². The summed E-state index contributed by atoms with van der Waals surface area (Å²) in [6.45, 7) is 4.31. The largest absolute Gasteiger partial charge is 0.493 e. The second-order valence-electron chi connectivity index (χ2n) is 5.65. The zero-order valence-corrected chi connectivity index (χ0v) is 15.0. The minimum Gasteiger partial charge on any atom is -0.493 e. The van der Waals surface area contributed by atoms with Crippen LogP contribution >= 0.6 is 11.3 Å². The number of carbonyl (C=O) groups is 1. The number of aromatic nitrogens is 2. The molecule has 3 rings (SSSR count). The minimum absolute atomic E-state index is 0.137. The summed E-state index contributed by atoms with van der Waals surface area (Å²) in [4.78, 5) is 12.1. The Morgan fingerprint density at radius 2 is 1.76 bits per heavy atom. The molecule has 0 spiro atoms. The Morgan fingerprint density at radius 1 is 1.04 bits per heavy atom. The Labute approximate surface area is 150 Å². The Bertz CT molecular complexity index is 842. The van der Waals surface area contributed by atoms with E-state index in [1.807, 2.05) is 62.4 Å². The molecule has 3 aromatic rings. The van der Waals surface area contributed by atoms with Gasteiger partial charge in [-0.15, -0.1) is 10.2 Å². The highest BCUT2D eigenvalue weighted by Crippen LogP contribution is 2.26. The van der Waals surface area contributed by atoms with Gasteiger partial charge < -0.3 is 10.1 Å². The van der Waals surface area contributed by atoms with E-state index in [1.165, 1.54) is 11.3 Å². The number of hydrogen-bond acceptors (Lipinski definition) is 5. The zero-order valence-electron chi connectivity index (χ0n) is 14.2. The SMILES string of the molecule is Cc1cccc(C)c1OCCC(=O)Nc1nnc(-c2ccccc2)s1. The average Bonchev–Trinajstić information content (AvgIpc) is 3.07. The fourth-order valence-electron chi connectivity index (χ4n) is 2.43. The number of hydrogen-bond donors (Lipinski definition) is 1. The second kappa shape index (κ2) is 7.90. The van der Waals surface area contributed by atoms with Crippen LogP contribution in [-0.2, 0) is 4.79 Å². The molecular formula is C19H19N3O2S. The van der Waals surface area contributed by atoms with E-state index < -0.39 is 0 Å². The fraction of sp³-hybridized carbons (Fsp3) is 0.211. The summed E-state index contributed by atoms with van der Waals surface area (Å²) in [6, 6.07) is 15.7. The molecule has 6 heteroatoms. The molecular weight excluding hydrogens is 334 g/mol. The van der Waals surface area contributed by atoms with E-state index in [0.29, 0.717) is 11.7 Å². The van der Waals surface area contributed by atoms with E-state index in [4.69, 9.17) is 4.74 Å². The molecule has 0 aliphatic rings. The first-order valence-electron chi connectivity index (χ1n) is 8.01. The number of anilines is 1. The van der Waals surface area contributed by atoms with Crippen LogP contribution in [0.1, 0.15) is 17.5 Å². The number of amides is 1. The summed E-state index contributed by atoms with van der Waals surface area (Å²) in [5, 5.41) is 12.2. The van der Waals surface area contributed by atoms with Crippen molar-refractivity contribution in [3.8, 4) is 16.3 Å². The summed E-state index contributed by atoms with van der Waals surface area (Å²) in [5.41, 5.74) is 3.12. The maximum Gasteiger partial charge on any atom is 0.229 e. The fourth-order valence-corrected chi connectivity index (χ4v) is 3.19. The van der Waals surface area contributed by atoms with Crippen molar-refractivity contribution in [2.45, 2.75) is 20.3 Å².